The number of thiophene rings is 2. The molecule has 8 nitrogen and oxygen atoms in total. The zero-order chi connectivity index (χ0) is 58.8. The molecule has 9 aromatic rings. The highest BCUT2D eigenvalue weighted by molar-refractivity contribution is 7.12. The van der Waals surface area contributed by atoms with Crippen molar-refractivity contribution in [1.29, 1.82) is 0 Å². The van der Waals surface area contributed by atoms with E-state index in [0.717, 1.165) is 40.4 Å². The fourth-order valence-corrected chi connectivity index (χ4v) is 11.5. The van der Waals surface area contributed by atoms with E-state index in [4.69, 9.17) is 13.3 Å². The molecule has 0 saturated heterocycles. The largest absolute Gasteiger partial charge is 0.466 e. The lowest BCUT2D eigenvalue weighted by molar-refractivity contribution is 0.493. The van der Waals surface area contributed by atoms with Gasteiger partial charge in [-0.2, -0.15) is 13.1 Å². The smallest absolute Gasteiger partial charge is 0.191 e. The van der Waals surface area contributed by atoms with Gasteiger partial charge in [0.15, 0.2) is 5.89 Å². The SMILES string of the molecule is Cc1nc(C)c(C)o1.Cc1nc(C)c(C)s1.Cc1nsc(C)c1C.Cc1nsc(C)c1C.Cc1nsc(C)c1C.Cc1oc(C)c(C)c1C.Cc1oc(C)c(C)c1C.Cc1sc(C)c(C)c1C.Cc1sc(C)c(C)c1C. The van der Waals surface area contributed by atoms with Gasteiger partial charge in [-0.05, 0) is 304 Å². The lowest BCUT2D eigenvalue weighted by atomic mass is 10.2. The molecule has 9 aromatic heterocycles. The standard InChI is InChI=1S/2C8H12O.2C8H12S.C6H9NO.4C6H9NS/c4*1-5-6(2)8(4)9-7(5)3;2*1-4-5(2)8-6(3)7-4;3*1-4-5(2)7-8-6(4)3/h4*1-4H3;5*1-3H3. The van der Waals surface area contributed by atoms with Crippen molar-refractivity contribution in [2.45, 2.75) is 215 Å². The number of thiazole rings is 1. The summed E-state index contributed by atoms with van der Waals surface area (Å²) in [5.41, 5.74) is 20.7. The van der Waals surface area contributed by atoms with E-state index < -0.39 is 0 Å². The molecule has 0 aliphatic rings. The molecule has 0 aromatic carbocycles. The molecule has 0 aliphatic carbocycles. The predicted molar refractivity (Wildman–Crippen MR) is 338 cm³/mol. The van der Waals surface area contributed by atoms with E-state index in [1.54, 1.807) is 45.9 Å². The van der Waals surface area contributed by atoms with Crippen LogP contribution in [-0.4, -0.2) is 23.1 Å². The quantitative estimate of drug-likeness (QED) is 0.148. The lowest BCUT2D eigenvalue weighted by Crippen LogP contribution is -1.73. The van der Waals surface area contributed by atoms with Crippen molar-refractivity contribution in [2.75, 3.05) is 0 Å². The van der Waals surface area contributed by atoms with Gasteiger partial charge in [-0.1, -0.05) is 0 Å². The van der Waals surface area contributed by atoms with Gasteiger partial charge in [0.25, 0.3) is 0 Å². The van der Waals surface area contributed by atoms with Crippen LogP contribution in [0.5, 0.6) is 0 Å². The number of hydrogen-bond donors (Lipinski definition) is 0. The van der Waals surface area contributed by atoms with Crippen LogP contribution in [0.1, 0.15) is 168 Å². The normalized spacial score (nSPS) is 10.0. The van der Waals surface area contributed by atoms with Crippen LogP contribution in [0.15, 0.2) is 13.3 Å². The molecule has 0 fully saturated rings. The van der Waals surface area contributed by atoms with E-state index >= 15 is 0 Å². The molecule has 0 unspecified atom stereocenters. The van der Waals surface area contributed by atoms with Gasteiger partial charge in [0.05, 0.1) is 33.5 Å². The molecule has 76 heavy (non-hydrogen) atoms. The first-order valence-corrected chi connectivity index (χ1v) is 30.4. The number of nitrogens with zero attached hydrogens (tertiary/aromatic N) is 5. The number of aromatic nitrogens is 5. The van der Waals surface area contributed by atoms with Gasteiger partial charge in [0, 0.05) is 45.9 Å². The van der Waals surface area contributed by atoms with Crippen molar-refractivity contribution in [1.82, 2.24) is 23.1 Å². The molecule has 0 amide bonds. The van der Waals surface area contributed by atoms with Crippen LogP contribution in [0.4, 0.5) is 0 Å². The molecular weight excluding hydrogens is 1060 g/mol. The zero-order valence-corrected chi connectivity index (χ0v) is 57.3. The molecule has 0 bridgehead atoms. The van der Waals surface area contributed by atoms with Gasteiger partial charge < -0.3 is 13.3 Å². The molecule has 14 heteroatoms. The minimum atomic E-state index is 0.750. The van der Waals surface area contributed by atoms with Crippen molar-refractivity contribution < 1.29 is 13.3 Å². The Labute approximate surface area is 484 Å². The van der Waals surface area contributed by atoms with Crippen molar-refractivity contribution in [3.8, 4) is 0 Å². The third kappa shape index (κ3) is 21.8. The van der Waals surface area contributed by atoms with Crippen molar-refractivity contribution in [2.24, 2.45) is 0 Å². The van der Waals surface area contributed by atoms with E-state index in [-0.39, 0.29) is 0 Å². The first-order chi connectivity index (χ1) is 35.0. The lowest BCUT2D eigenvalue weighted by Gasteiger charge is -1.88. The second kappa shape index (κ2) is 32.6. The van der Waals surface area contributed by atoms with E-state index in [9.17, 15) is 0 Å². The summed E-state index contributed by atoms with van der Waals surface area (Å²) in [6, 6.07) is 0. The Hall–Kier alpha value is -4.31. The van der Waals surface area contributed by atoms with Gasteiger partial charge in [-0.15, -0.1) is 34.0 Å². The number of oxazole rings is 1. The summed E-state index contributed by atoms with van der Waals surface area (Å²) < 4.78 is 28.3. The van der Waals surface area contributed by atoms with Gasteiger partial charge in [0.1, 0.15) is 28.8 Å². The van der Waals surface area contributed by atoms with Crippen LogP contribution in [0.2, 0.25) is 0 Å². The summed E-state index contributed by atoms with van der Waals surface area (Å²) in [6.07, 6.45) is 0. The van der Waals surface area contributed by atoms with E-state index in [0.29, 0.717) is 0 Å². The molecule has 9 heterocycles. The first kappa shape index (κ1) is 69.7. The second-order valence-corrected chi connectivity index (χ2v) is 26.7. The Morgan fingerprint density at radius 2 is 0.500 bits per heavy atom. The van der Waals surface area contributed by atoms with Crippen LogP contribution in [0.25, 0.3) is 0 Å². The van der Waals surface area contributed by atoms with Gasteiger partial charge in [-0.3, -0.25) is 0 Å². The molecule has 0 spiro atoms. The Morgan fingerprint density at radius 3 is 0.566 bits per heavy atom. The summed E-state index contributed by atoms with van der Waals surface area (Å²) in [4.78, 5) is 19.5. The van der Waals surface area contributed by atoms with Crippen molar-refractivity contribution in [3.05, 3.63) is 168 Å². The summed E-state index contributed by atoms with van der Waals surface area (Å²) in [5, 5.41) is 1.17. The summed E-state index contributed by atoms with van der Waals surface area (Å²) in [6.45, 7) is 64.4. The fraction of sp³-hybridized carbons (Fsp3) is 0.500. The first-order valence-electron chi connectivity index (χ1n) is 25.7. The molecule has 0 radical (unpaired) electrons. The van der Waals surface area contributed by atoms with Gasteiger partial charge in [-0.25, -0.2) is 9.97 Å². The van der Waals surface area contributed by atoms with Gasteiger partial charge in [0.2, 0.25) is 0 Å². The molecule has 420 valence electrons. The summed E-state index contributed by atoms with van der Waals surface area (Å²) >= 11 is 10.3. The highest BCUT2D eigenvalue weighted by atomic mass is 32.1. The number of rotatable bonds is 0. The summed E-state index contributed by atoms with van der Waals surface area (Å²) in [5.74, 6) is 5.85. The topological polar surface area (TPSA) is 104 Å². The highest BCUT2D eigenvalue weighted by Gasteiger charge is 2.07. The minimum Gasteiger partial charge on any atom is -0.466 e. The highest BCUT2D eigenvalue weighted by Crippen LogP contribution is 2.26. The average molecular weight is 1150 g/mol. The maximum absolute atomic E-state index is 5.34. The van der Waals surface area contributed by atoms with Crippen LogP contribution in [0, 0.1) is 215 Å². The van der Waals surface area contributed by atoms with Crippen molar-refractivity contribution in [3.63, 3.8) is 0 Å². The van der Waals surface area contributed by atoms with Gasteiger partial charge >= 0.3 is 0 Å². The predicted octanol–water partition coefficient (Wildman–Crippen LogP) is 20.9. The summed E-state index contributed by atoms with van der Waals surface area (Å²) in [7, 11) is 0. The van der Waals surface area contributed by atoms with E-state index in [2.05, 4.69) is 155 Å². The van der Waals surface area contributed by atoms with E-state index in [1.165, 1.54) is 128 Å². The third-order valence-corrected chi connectivity index (χ3v) is 20.4. The Balaban J connectivity index is 0.000000428. The average Bonchev–Trinajstić information content (AvgIpc) is 4.24. The van der Waals surface area contributed by atoms with Crippen LogP contribution in [-0.2, 0) is 0 Å². The number of aryl methyl sites for hydroxylation is 20. The zero-order valence-electron chi connectivity index (χ0n) is 52.4. The van der Waals surface area contributed by atoms with Crippen LogP contribution < -0.4 is 0 Å². The van der Waals surface area contributed by atoms with Crippen molar-refractivity contribution >= 4 is 68.6 Å². The monoisotopic (exact) mass is 1150 g/mol. The molecule has 9 rings (SSSR count). The molecular formula is C62H93N5O3S6. The molecule has 0 N–H and O–H groups in total. The Morgan fingerprint density at radius 1 is 0.224 bits per heavy atom. The van der Waals surface area contributed by atoms with E-state index in [1.807, 2.05) is 106 Å². The molecule has 0 atom stereocenters. The molecule has 0 aliphatic heterocycles. The fourth-order valence-electron chi connectivity index (χ4n) is 6.50. The number of furan rings is 2. The Bertz CT molecular complexity index is 2650. The third-order valence-electron chi connectivity index (χ3n) is 14.1. The second-order valence-electron chi connectivity index (χ2n) is 19.5. The molecule has 0 saturated carbocycles. The van der Waals surface area contributed by atoms with Crippen LogP contribution in [0.3, 0.4) is 0 Å². The maximum Gasteiger partial charge on any atom is 0.191 e. The maximum atomic E-state index is 5.34. The number of hydrogen-bond acceptors (Lipinski definition) is 14. The minimum absolute atomic E-state index is 0.750. The van der Waals surface area contributed by atoms with Crippen LogP contribution >= 0.6 is 68.6 Å². The Kier molecular flexibility index (Phi) is 29.9.